The molecule has 0 aliphatic carbocycles. The molecule has 0 aliphatic heterocycles. The van der Waals surface area contributed by atoms with Crippen molar-refractivity contribution in [3.05, 3.63) is 59.7 Å². The van der Waals surface area contributed by atoms with Crippen LogP contribution < -0.4 is 4.90 Å². The number of aliphatic hydroxyl groups excluding tert-OH is 1. The molecule has 94 valence electrons. The van der Waals surface area contributed by atoms with Gasteiger partial charge >= 0.3 is 0 Å². The number of anilines is 2. The van der Waals surface area contributed by atoms with Crippen molar-refractivity contribution in [2.75, 3.05) is 11.9 Å². The molecule has 2 heteroatoms. The Morgan fingerprint density at radius 3 is 2.17 bits per heavy atom. The molecule has 18 heavy (non-hydrogen) atoms. The van der Waals surface area contributed by atoms with E-state index < -0.39 is 6.10 Å². The molecule has 0 saturated carbocycles. The molecule has 0 amide bonds. The molecule has 0 fully saturated rings. The molecular formula is C16H19NO. The molecule has 0 radical (unpaired) electrons. The summed E-state index contributed by atoms with van der Waals surface area (Å²) in [6, 6.07) is 16.3. The molecule has 0 aromatic heterocycles. The van der Waals surface area contributed by atoms with Crippen molar-refractivity contribution in [1.82, 2.24) is 0 Å². The van der Waals surface area contributed by atoms with Gasteiger partial charge in [0.05, 0.1) is 6.10 Å². The van der Waals surface area contributed by atoms with Crippen LogP contribution in [0.2, 0.25) is 0 Å². The van der Waals surface area contributed by atoms with Gasteiger partial charge in [0.15, 0.2) is 0 Å². The minimum Gasteiger partial charge on any atom is -0.389 e. The van der Waals surface area contributed by atoms with Crippen molar-refractivity contribution >= 4 is 11.4 Å². The van der Waals surface area contributed by atoms with Crippen molar-refractivity contribution in [2.24, 2.45) is 0 Å². The van der Waals surface area contributed by atoms with Gasteiger partial charge in [0.2, 0.25) is 0 Å². The van der Waals surface area contributed by atoms with Gasteiger partial charge in [-0.1, -0.05) is 30.3 Å². The zero-order valence-corrected chi connectivity index (χ0v) is 11.1. The maximum Gasteiger partial charge on any atom is 0.0761 e. The highest BCUT2D eigenvalue weighted by molar-refractivity contribution is 5.65. The summed E-state index contributed by atoms with van der Waals surface area (Å²) in [4.78, 5) is 2.15. The van der Waals surface area contributed by atoms with E-state index in [2.05, 4.69) is 31.0 Å². The van der Waals surface area contributed by atoms with Crippen LogP contribution in [0.4, 0.5) is 11.4 Å². The highest BCUT2D eigenvalue weighted by Crippen LogP contribution is 2.27. The van der Waals surface area contributed by atoms with Gasteiger partial charge in [-0.2, -0.15) is 0 Å². The Labute approximate surface area is 109 Å². The molecule has 2 nitrogen and oxygen atoms in total. The summed E-state index contributed by atoms with van der Waals surface area (Å²) >= 11 is 0. The van der Waals surface area contributed by atoms with E-state index in [1.165, 1.54) is 11.3 Å². The second-order valence-electron chi connectivity index (χ2n) is 4.61. The number of aliphatic hydroxyl groups is 1. The molecule has 2 aromatic rings. The van der Waals surface area contributed by atoms with Crippen molar-refractivity contribution in [2.45, 2.75) is 20.0 Å². The molecular weight excluding hydrogens is 222 g/mol. The number of benzene rings is 2. The SMILES string of the molecule is Cc1ccccc1N(C)c1ccc([C@H](C)O)cc1. The molecule has 1 atom stereocenters. The molecule has 0 unspecified atom stereocenters. The topological polar surface area (TPSA) is 23.5 Å². The van der Waals surface area contributed by atoms with Gasteiger partial charge in [-0.3, -0.25) is 0 Å². The third-order valence-corrected chi connectivity index (χ3v) is 3.24. The second-order valence-corrected chi connectivity index (χ2v) is 4.61. The first-order valence-corrected chi connectivity index (χ1v) is 6.17. The van der Waals surface area contributed by atoms with Gasteiger partial charge in [-0.25, -0.2) is 0 Å². The predicted molar refractivity (Wildman–Crippen MR) is 76.3 cm³/mol. The first-order valence-electron chi connectivity index (χ1n) is 6.17. The minimum atomic E-state index is -0.414. The van der Waals surface area contributed by atoms with E-state index >= 15 is 0 Å². The van der Waals surface area contributed by atoms with Gasteiger partial charge in [0, 0.05) is 18.4 Å². The highest BCUT2D eigenvalue weighted by Gasteiger charge is 2.07. The van der Waals surface area contributed by atoms with E-state index in [-0.39, 0.29) is 0 Å². The van der Waals surface area contributed by atoms with E-state index in [1.54, 1.807) is 6.92 Å². The first kappa shape index (κ1) is 12.7. The van der Waals surface area contributed by atoms with Crippen LogP contribution in [-0.2, 0) is 0 Å². The van der Waals surface area contributed by atoms with Gasteiger partial charge < -0.3 is 10.0 Å². The van der Waals surface area contributed by atoms with Crippen molar-refractivity contribution in [3.63, 3.8) is 0 Å². The lowest BCUT2D eigenvalue weighted by Crippen LogP contribution is -2.10. The van der Waals surface area contributed by atoms with Crippen LogP contribution >= 0.6 is 0 Å². The maximum atomic E-state index is 9.50. The Hall–Kier alpha value is -1.80. The van der Waals surface area contributed by atoms with Crippen LogP contribution in [0.1, 0.15) is 24.2 Å². The van der Waals surface area contributed by atoms with Crippen molar-refractivity contribution in [3.8, 4) is 0 Å². The fourth-order valence-electron chi connectivity index (χ4n) is 2.06. The number of nitrogens with zero attached hydrogens (tertiary/aromatic N) is 1. The smallest absolute Gasteiger partial charge is 0.0761 e. The van der Waals surface area contributed by atoms with Gasteiger partial charge in [0.25, 0.3) is 0 Å². The number of hydrogen-bond donors (Lipinski definition) is 1. The number of para-hydroxylation sites is 1. The quantitative estimate of drug-likeness (QED) is 0.883. The maximum absolute atomic E-state index is 9.50. The van der Waals surface area contributed by atoms with Crippen LogP contribution in [0.5, 0.6) is 0 Å². The average Bonchev–Trinajstić information content (AvgIpc) is 2.38. The van der Waals surface area contributed by atoms with Gasteiger partial charge in [0.1, 0.15) is 0 Å². The average molecular weight is 241 g/mol. The molecule has 0 aliphatic rings. The Morgan fingerprint density at radius 2 is 1.61 bits per heavy atom. The molecule has 0 bridgehead atoms. The van der Waals surface area contributed by atoms with E-state index in [1.807, 2.05) is 36.4 Å². The summed E-state index contributed by atoms with van der Waals surface area (Å²) in [5.41, 5.74) is 4.51. The predicted octanol–water partition coefficient (Wildman–Crippen LogP) is 3.82. The fourth-order valence-corrected chi connectivity index (χ4v) is 2.06. The lowest BCUT2D eigenvalue weighted by atomic mass is 10.1. The Balaban J connectivity index is 2.29. The van der Waals surface area contributed by atoms with E-state index in [9.17, 15) is 5.11 Å². The molecule has 0 saturated heterocycles. The third-order valence-electron chi connectivity index (χ3n) is 3.24. The monoisotopic (exact) mass is 241 g/mol. The van der Waals surface area contributed by atoms with Crippen LogP contribution in [-0.4, -0.2) is 12.2 Å². The standard InChI is InChI=1S/C16H19NO/c1-12-6-4-5-7-16(12)17(3)15-10-8-14(9-11-15)13(2)18/h4-11,13,18H,1-3H3/t13-/m0/s1. The van der Waals surface area contributed by atoms with Gasteiger partial charge in [-0.05, 0) is 43.2 Å². The fraction of sp³-hybridized carbons (Fsp3) is 0.250. The summed E-state index contributed by atoms with van der Waals surface area (Å²) in [6.07, 6.45) is -0.414. The summed E-state index contributed by atoms with van der Waals surface area (Å²) in [5.74, 6) is 0. The molecule has 2 rings (SSSR count). The lowest BCUT2D eigenvalue weighted by Gasteiger charge is -2.22. The second kappa shape index (κ2) is 5.23. The highest BCUT2D eigenvalue weighted by atomic mass is 16.3. The third kappa shape index (κ3) is 2.54. The summed E-state index contributed by atoms with van der Waals surface area (Å²) in [6.45, 7) is 3.88. The van der Waals surface area contributed by atoms with E-state index in [0.717, 1.165) is 11.3 Å². The normalized spacial score (nSPS) is 12.2. The van der Waals surface area contributed by atoms with Crippen molar-refractivity contribution in [1.29, 1.82) is 0 Å². The molecule has 1 N–H and O–H groups in total. The van der Waals surface area contributed by atoms with Crippen LogP contribution in [0.3, 0.4) is 0 Å². The first-order chi connectivity index (χ1) is 8.59. The zero-order valence-electron chi connectivity index (χ0n) is 11.1. The van der Waals surface area contributed by atoms with Gasteiger partial charge in [-0.15, -0.1) is 0 Å². The molecule has 0 heterocycles. The van der Waals surface area contributed by atoms with E-state index in [4.69, 9.17) is 0 Å². The van der Waals surface area contributed by atoms with Crippen LogP contribution in [0.15, 0.2) is 48.5 Å². The zero-order chi connectivity index (χ0) is 13.1. The molecule has 2 aromatic carbocycles. The number of rotatable bonds is 3. The minimum absolute atomic E-state index is 0.414. The summed E-state index contributed by atoms with van der Waals surface area (Å²) in [5, 5.41) is 9.50. The molecule has 0 spiro atoms. The van der Waals surface area contributed by atoms with Crippen LogP contribution in [0, 0.1) is 6.92 Å². The Morgan fingerprint density at radius 1 is 1.00 bits per heavy atom. The Kier molecular flexibility index (Phi) is 3.68. The summed E-state index contributed by atoms with van der Waals surface area (Å²) in [7, 11) is 2.06. The Bertz CT molecular complexity index is 517. The number of hydrogen-bond acceptors (Lipinski definition) is 2. The lowest BCUT2D eigenvalue weighted by molar-refractivity contribution is 0.199. The number of aryl methyl sites for hydroxylation is 1. The largest absolute Gasteiger partial charge is 0.389 e. The summed E-state index contributed by atoms with van der Waals surface area (Å²) < 4.78 is 0. The van der Waals surface area contributed by atoms with Crippen LogP contribution in [0.25, 0.3) is 0 Å². The van der Waals surface area contributed by atoms with Crippen molar-refractivity contribution < 1.29 is 5.11 Å². The van der Waals surface area contributed by atoms with E-state index in [0.29, 0.717) is 0 Å².